The summed E-state index contributed by atoms with van der Waals surface area (Å²) in [5.41, 5.74) is 2.46. The molecule has 0 amide bonds. The maximum Gasteiger partial charge on any atom is 0.268 e. The van der Waals surface area contributed by atoms with Gasteiger partial charge in [0.25, 0.3) is 10.0 Å². The van der Waals surface area contributed by atoms with Gasteiger partial charge in [-0.15, -0.1) is 0 Å². The van der Waals surface area contributed by atoms with Gasteiger partial charge in [0.2, 0.25) is 0 Å². The highest BCUT2D eigenvalue weighted by Gasteiger charge is 2.21. The van der Waals surface area contributed by atoms with Crippen LogP contribution in [0.3, 0.4) is 0 Å². The minimum absolute atomic E-state index is 0.188. The molecule has 0 spiro atoms. The van der Waals surface area contributed by atoms with Gasteiger partial charge in [-0.05, 0) is 36.8 Å². The first kappa shape index (κ1) is 15.1. The number of nitrogens with zero attached hydrogens (tertiary/aromatic N) is 2. The SMILES string of the molecule is C=Cc1ccc(C#N)c2c1ccn2S(=O)(=O)c1ccc(C)cc1. The first-order valence-electron chi connectivity index (χ1n) is 6.98. The van der Waals surface area contributed by atoms with Crippen molar-refractivity contribution in [2.75, 3.05) is 0 Å². The fraction of sp³-hybridized carbons (Fsp3) is 0.0556. The smallest absolute Gasteiger partial charge is 0.240 e. The fourth-order valence-corrected chi connectivity index (χ4v) is 3.91. The highest BCUT2D eigenvalue weighted by molar-refractivity contribution is 7.90. The summed E-state index contributed by atoms with van der Waals surface area (Å²) < 4.78 is 27.0. The van der Waals surface area contributed by atoms with Crippen LogP contribution in [0.25, 0.3) is 17.0 Å². The van der Waals surface area contributed by atoms with Crippen molar-refractivity contribution < 1.29 is 8.42 Å². The van der Waals surface area contributed by atoms with Crippen LogP contribution in [0, 0.1) is 18.3 Å². The summed E-state index contributed by atoms with van der Waals surface area (Å²) in [5.74, 6) is 0. The second-order valence-corrected chi connectivity index (χ2v) is 7.03. The Morgan fingerprint density at radius 3 is 2.43 bits per heavy atom. The van der Waals surface area contributed by atoms with Gasteiger partial charge >= 0.3 is 0 Å². The van der Waals surface area contributed by atoms with E-state index in [1.165, 1.54) is 10.2 Å². The molecule has 5 heteroatoms. The molecule has 0 atom stereocenters. The Bertz CT molecular complexity index is 1050. The van der Waals surface area contributed by atoms with E-state index in [0.717, 1.165) is 11.1 Å². The van der Waals surface area contributed by atoms with E-state index in [0.29, 0.717) is 16.5 Å². The number of fused-ring (bicyclic) bond motifs is 1. The molecule has 0 bridgehead atoms. The number of rotatable bonds is 3. The summed E-state index contributed by atoms with van der Waals surface area (Å²) in [6.45, 7) is 5.63. The number of hydrogen-bond donors (Lipinski definition) is 0. The average molecular weight is 322 g/mol. The maximum absolute atomic E-state index is 12.9. The van der Waals surface area contributed by atoms with Crippen molar-refractivity contribution in [3.8, 4) is 6.07 Å². The third kappa shape index (κ3) is 2.33. The summed E-state index contributed by atoms with van der Waals surface area (Å²) in [6, 6.07) is 13.8. The van der Waals surface area contributed by atoms with Crippen LogP contribution < -0.4 is 0 Å². The molecule has 0 saturated heterocycles. The van der Waals surface area contributed by atoms with Gasteiger partial charge in [-0.25, -0.2) is 12.4 Å². The molecule has 23 heavy (non-hydrogen) atoms. The van der Waals surface area contributed by atoms with Crippen molar-refractivity contribution in [3.05, 3.63) is 71.9 Å². The standard InChI is InChI=1S/C18H14N2O2S/c1-3-14-6-7-15(12-19)18-17(14)10-11-20(18)23(21,22)16-8-4-13(2)5-9-16/h3-11H,1H2,2H3. The molecule has 0 fully saturated rings. The van der Waals surface area contributed by atoms with Gasteiger partial charge in [-0.2, -0.15) is 5.26 Å². The predicted molar refractivity (Wildman–Crippen MR) is 90.5 cm³/mol. The number of aryl methyl sites for hydroxylation is 1. The monoisotopic (exact) mass is 322 g/mol. The third-order valence-corrected chi connectivity index (χ3v) is 5.46. The molecular formula is C18H14N2O2S. The van der Waals surface area contributed by atoms with Crippen LogP contribution in [0.15, 0.2) is 60.1 Å². The minimum Gasteiger partial charge on any atom is -0.240 e. The van der Waals surface area contributed by atoms with E-state index in [-0.39, 0.29) is 4.90 Å². The van der Waals surface area contributed by atoms with E-state index in [4.69, 9.17) is 0 Å². The van der Waals surface area contributed by atoms with Gasteiger partial charge in [0.1, 0.15) is 6.07 Å². The van der Waals surface area contributed by atoms with Crippen LogP contribution in [0.1, 0.15) is 16.7 Å². The van der Waals surface area contributed by atoms with Gasteiger partial charge in [-0.1, -0.05) is 36.4 Å². The molecule has 1 aromatic heterocycles. The lowest BCUT2D eigenvalue weighted by atomic mass is 10.1. The Morgan fingerprint density at radius 1 is 1.13 bits per heavy atom. The quantitative estimate of drug-likeness (QED) is 0.738. The van der Waals surface area contributed by atoms with Crippen LogP contribution in [0.5, 0.6) is 0 Å². The maximum atomic E-state index is 12.9. The van der Waals surface area contributed by atoms with E-state index >= 15 is 0 Å². The summed E-state index contributed by atoms with van der Waals surface area (Å²) in [6.07, 6.45) is 3.13. The van der Waals surface area contributed by atoms with E-state index in [1.807, 2.05) is 6.92 Å². The van der Waals surface area contributed by atoms with Crippen molar-refractivity contribution >= 4 is 27.0 Å². The number of nitriles is 1. The van der Waals surface area contributed by atoms with Crippen LogP contribution in [0.4, 0.5) is 0 Å². The van der Waals surface area contributed by atoms with Gasteiger partial charge < -0.3 is 0 Å². The molecule has 3 aromatic rings. The molecule has 0 radical (unpaired) electrons. The molecule has 0 N–H and O–H groups in total. The van der Waals surface area contributed by atoms with E-state index in [9.17, 15) is 13.7 Å². The van der Waals surface area contributed by atoms with E-state index in [1.54, 1.807) is 48.5 Å². The lowest BCUT2D eigenvalue weighted by Gasteiger charge is -2.09. The Kier molecular flexibility index (Phi) is 3.55. The molecule has 0 saturated carbocycles. The molecule has 0 aliphatic heterocycles. The molecular weight excluding hydrogens is 308 g/mol. The van der Waals surface area contributed by atoms with Crippen LogP contribution in [-0.4, -0.2) is 12.4 Å². The molecule has 1 heterocycles. The first-order valence-corrected chi connectivity index (χ1v) is 8.42. The molecule has 2 aromatic carbocycles. The Hall–Kier alpha value is -2.84. The van der Waals surface area contributed by atoms with Gasteiger partial charge in [0.15, 0.2) is 0 Å². The second kappa shape index (κ2) is 5.41. The van der Waals surface area contributed by atoms with Crippen molar-refractivity contribution in [2.24, 2.45) is 0 Å². The second-order valence-electron chi connectivity index (χ2n) is 5.21. The summed E-state index contributed by atoms with van der Waals surface area (Å²) in [5, 5.41) is 10.0. The molecule has 3 rings (SSSR count). The lowest BCUT2D eigenvalue weighted by molar-refractivity contribution is 0.589. The van der Waals surface area contributed by atoms with Crippen LogP contribution >= 0.6 is 0 Å². The summed E-state index contributed by atoms with van der Waals surface area (Å²) in [7, 11) is -3.77. The first-order chi connectivity index (χ1) is 11.0. The zero-order chi connectivity index (χ0) is 16.6. The largest absolute Gasteiger partial charge is 0.268 e. The summed E-state index contributed by atoms with van der Waals surface area (Å²) >= 11 is 0. The third-order valence-electron chi connectivity index (χ3n) is 3.77. The number of benzene rings is 2. The number of hydrogen-bond acceptors (Lipinski definition) is 3. The zero-order valence-electron chi connectivity index (χ0n) is 12.5. The van der Waals surface area contributed by atoms with Crippen LogP contribution in [-0.2, 0) is 10.0 Å². The van der Waals surface area contributed by atoms with Crippen molar-refractivity contribution in [3.63, 3.8) is 0 Å². The minimum atomic E-state index is -3.77. The molecule has 0 unspecified atom stereocenters. The molecule has 114 valence electrons. The number of aromatic nitrogens is 1. The van der Waals surface area contributed by atoms with Crippen molar-refractivity contribution in [1.82, 2.24) is 3.97 Å². The topological polar surface area (TPSA) is 62.9 Å². The lowest BCUT2D eigenvalue weighted by Crippen LogP contribution is -2.12. The predicted octanol–water partition coefficient (Wildman–Crippen LogP) is 3.70. The normalized spacial score (nSPS) is 11.3. The van der Waals surface area contributed by atoms with Crippen molar-refractivity contribution in [2.45, 2.75) is 11.8 Å². The fourth-order valence-electron chi connectivity index (χ4n) is 2.55. The highest BCUT2D eigenvalue weighted by atomic mass is 32.2. The van der Waals surface area contributed by atoms with Gasteiger partial charge in [0.05, 0.1) is 16.0 Å². The van der Waals surface area contributed by atoms with Gasteiger partial charge in [-0.3, -0.25) is 0 Å². The highest BCUT2D eigenvalue weighted by Crippen LogP contribution is 2.28. The summed E-state index contributed by atoms with van der Waals surface area (Å²) in [4.78, 5) is 0.188. The molecule has 4 nitrogen and oxygen atoms in total. The van der Waals surface area contributed by atoms with Crippen molar-refractivity contribution in [1.29, 1.82) is 5.26 Å². The Balaban J connectivity index is 2.34. The molecule has 0 aliphatic rings. The van der Waals surface area contributed by atoms with Gasteiger partial charge in [0, 0.05) is 11.6 Å². The van der Waals surface area contributed by atoms with E-state index in [2.05, 4.69) is 12.6 Å². The van der Waals surface area contributed by atoms with E-state index < -0.39 is 10.0 Å². The molecule has 0 aliphatic carbocycles. The Morgan fingerprint density at radius 2 is 1.83 bits per heavy atom. The average Bonchev–Trinajstić information content (AvgIpc) is 3.00. The van der Waals surface area contributed by atoms with Crippen LogP contribution in [0.2, 0.25) is 0 Å². The zero-order valence-corrected chi connectivity index (χ0v) is 13.3. The Labute approximate surface area is 135 Å².